The van der Waals surface area contributed by atoms with Gasteiger partial charge >= 0.3 is 0 Å². The van der Waals surface area contributed by atoms with Crippen molar-refractivity contribution in [1.29, 1.82) is 0 Å². The summed E-state index contributed by atoms with van der Waals surface area (Å²) in [7, 11) is -3.92. The van der Waals surface area contributed by atoms with Gasteiger partial charge in [-0.1, -0.05) is 0 Å². The first-order valence-corrected chi connectivity index (χ1v) is 6.91. The van der Waals surface area contributed by atoms with Gasteiger partial charge in [0.05, 0.1) is 29.2 Å². The summed E-state index contributed by atoms with van der Waals surface area (Å²) in [4.78, 5) is 1.81. The van der Waals surface area contributed by atoms with Crippen LogP contribution in [0.2, 0.25) is 0 Å². The molecule has 0 aromatic heterocycles. The van der Waals surface area contributed by atoms with Crippen LogP contribution in [0.25, 0.3) is 0 Å². The highest BCUT2D eigenvalue weighted by atomic mass is 32.2. The van der Waals surface area contributed by atoms with E-state index in [0.29, 0.717) is 6.26 Å². The van der Waals surface area contributed by atoms with E-state index in [4.69, 9.17) is 13.0 Å². The zero-order valence-corrected chi connectivity index (χ0v) is 10.1. The summed E-state index contributed by atoms with van der Waals surface area (Å²) in [6.45, 7) is 7.40. The Morgan fingerprint density at radius 1 is 1.43 bits per heavy atom. The highest BCUT2D eigenvalue weighted by molar-refractivity contribution is 7.84. The molecule has 0 aromatic rings. The number of hydrogen-bond donors (Lipinski definition) is 1. The van der Waals surface area contributed by atoms with E-state index in [0.717, 1.165) is 6.04 Å². The van der Waals surface area contributed by atoms with Crippen LogP contribution in [-0.4, -0.2) is 38.4 Å². The molecule has 1 aliphatic rings. The standard InChI is InChI=1S/C8H17N.CH4O3S/c1-3-9-7-5-4-6-8(9)2;1-5(2,3)4/h8H,3-7H2,1-2H3;1H3,(H,2,3,4). The molecule has 0 amide bonds. The van der Waals surface area contributed by atoms with Crippen molar-refractivity contribution in [3.63, 3.8) is 0 Å². The number of piperidine rings is 1. The summed E-state index contributed by atoms with van der Waals surface area (Å²) >= 11 is 0. The van der Waals surface area contributed by atoms with Crippen LogP contribution in [0.1, 0.15) is 33.1 Å². The van der Waals surface area contributed by atoms with Crippen molar-refractivity contribution >= 4 is 10.1 Å². The van der Waals surface area contributed by atoms with Gasteiger partial charge in [-0.3, -0.25) is 0 Å². The van der Waals surface area contributed by atoms with Crippen molar-refractivity contribution < 1.29 is 17.9 Å². The molecule has 1 fully saturated rings. The monoisotopic (exact) mass is 223 g/mol. The summed E-state index contributed by atoms with van der Waals surface area (Å²) in [6, 6.07) is 0.934. The summed E-state index contributed by atoms with van der Waals surface area (Å²) in [5.41, 5.74) is 0. The molecule has 0 radical (unpaired) electrons. The van der Waals surface area contributed by atoms with Crippen LogP contribution in [0.5, 0.6) is 0 Å². The third-order valence-electron chi connectivity index (χ3n) is 2.54. The lowest BCUT2D eigenvalue weighted by Gasteiger charge is -2.28. The minimum Gasteiger partial charge on any atom is -0.748 e. The van der Waals surface area contributed by atoms with Gasteiger partial charge in [0.1, 0.15) is 0 Å². The molecule has 1 aliphatic heterocycles. The second-order valence-corrected chi connectivity index (χ2v) is 5.27. The first-order chi connectivity index (χ1) is 6.34. The lowest BCUT2D eigenvalue weighted by Crippen LogP contribution is -3.15. The van der Waals surface area contributed by atoms with Crippen molar-refractivity contribution in [1.82, 2.24) is 0 Å². The van der Waals surface area contributed by atoms with Crippen LogP contribution in [0.15, 0.2) is 0 Å². The maximum absolute atomic E-state index is 9.08. The number of nitrogens with one attached hydrogen (secondary N) is 1. The molecule has 5 heteroatoms. The van der Waals surface area contributed by atoms with Crippen LogP contribution in [-0.2, 0) is 10.1 Å². The lowest BCUT2D eigenvalue weighted by atomic mass is 10.0. The molecule has 2 atom stereocenters. The van der Waals surface area contributed by atoms with E-state index in [-0.39, 0.29) is 0 Å². The topological polar surface area (TPSA) is 61.6 Å². The van der Waals surface area contributed by atoms with Gasteiger partial charge in [-0.25, -0.2) is 8.42 Å². The van der Waals surface area contributed by atoms with E-state index in [9.17, 15) is 0 Å². The van der Waals surface area contributed by atoms with Gasteiger partial charge in [0, 0.05) is 6.26 Å². The molecular weight excluding hydrogens is 202 g/mol. The number of quaternary nitrogens is 1. The molecule has 1 rings (SSSR count). The number of hydrogen-bond acceptors (Lipinski definition) is 3. The van der Waals surface area contributed by atoms with Gasteiger partial charge in [0.2, 0.25) is 0 Å². The SMILES string of the molecule is CC[NH+]1CCCCC1C.CS(=O)(=O)[O-]. The second kappa shape index (κ2) is 6.37. The van der Waals surface area contributed by atoms with Crippen molar-refractivity contribution in [2.75, 3.05) is 19.3 Å². The molecule has 1 N–H and O–H groups in total. The Balaban J connectivity index is 0.000000292. The maximum Gasteiger partial charge on any atom is 0.0916 e. The Morgan fingerprint density at radius 3 is 2.21 bits per heavy atom. The Kier molecular flexibility index (Phi) is 6.31. The molecule has 86 valence electrons. The van der Waals surface area contributed by atoms with E-state index in [2.05, 4.69) is 13.8 Å². The van der Waals surface area contributed by atoms with Crippen molar-refractivity contribution in [2.45, 2.75) is 39.2 Å². The van der Waals surface area contributed by atoms with E-state index in [1.54, 1.807) is 4.90 Å². The normalized spacial score (nSPS) is 27.7. The van der Waals surface area contributed by atoms with Crippen LogP contribution in [0.3, 0.4) is 0 Å². The molecule has 0 bridgehead atoms. The third-order valence-corrected chi connectivity index (χ3v) is 2.54. The van der Waals surface area contributed by atoms with E-state index < -0.39 is 10.1 Å². The number of likely N-dealkylation sites (tertiary alicyclic amines) is 1. The van der Waals surface area contributed by atoms with Crippen molar-refractivity contribution in [3.8, 4) is 0 Å². The molecule has 2 unspecified atom stereocenters. The van der Waals surface area contributed by atoms with Gasteiger partial charge in [-0.2, -0.15) is 0 Å². The molecule has 1 saturated heterocycles. The third kappa shape index (κ3) is 8.47. The zero-order chi connectivity index (χ0) is 11.2. The average molecular weight is 223 g/mol. The van der Waals surface area contributed by atoms with Crippen LogP contribution < -0.4 is 4.90 Å². The summed E-state index contributed by atoms with van der Waals surface area (Å²) < 4.78 is 27.2. The predicted octanol–water partition coefficient (Wildman–Crippen LogP) is -0.375. The van der Waals surface area contributed by atoms with Gasteiger partial charge < -0.3 is 9.45 Å². The number of rotatable bonds is 1. The lowest BCUT2D eigenvalue weighted by molar-refractivity contribution is -0.926. The van der Waals surface area contributed by atoms with Crippen LogP contribution in [0, 0.1) is 0 Å². The van der Waals surface area contributed by atoms with E-state index >= 15 is 0 Å². The molecule has 0 aliphatic carbocycles. The molecule has 14 heavy (non-hydrogen) atoms. The summed E-state index contributed by atoms with van der Waals surface area (Å²) in [5, 5.41) is 0. The fourth-order valence-electron chi connectivity index (χ4n) is 1.78. The minimum absolute atomic E-state index is 0.604. The second-order valence-electron chi connectivity index (χ2n) is 3.86. The van der Waals surface area contributed by atoms with Crippen LogP contribution >= 0.6 is 0 Å². The highest BCUT2D eigenvalue weighted by Gasteiger charge is 2.18. The molecule has 0 spiro atoms. The molecular formula is C9H21NO3S. The quantitative estimate of drug-likeness (QED) is 0.617. The summed E-state index contributed by atoms with van der Waals surface area (Å²) in [6.07, 6.45) is 4.97. The maximum atomic E-state index is 9.08. The van der Waals surface area contributed by atoms with Crippen molar-refractivity contribution in [3.05, 3.63) is 0 Å². The van der Waals surface area contributed by atoms with Gasteiger partial charge in [-0.05, 0) is 33.1 Å². The highest BCUT2D eigenvalue weighted by Crippen LogP contribution is 2.00. The molecule has 4 nitrogen and oxygen atoms in total. The fraction of sp³-hybridized carbons (Fsp3) is 1.00. The van der Waals surface area contributed by atoms with Gasteiger partial charge in [-0.15, -0.1) is 0 Å². The Labute approximate surface area is 87.0 Å². The van der Waals surface area contributed by atoms with Gasteiger partial charge in [0.25, 0.3) is 0 Å². The first kappa shape index (κ1) is 13.9. The van der Waals surface area contributed by atoms with E-state index in [1.807, 2.05) is 0 Å². The van der Waals surface area contributed by atoms with Crippen LogP contribution in [0.4, 0.5) is 0 Å². The zero-order valence-electron chi connectivity index (χ0n) is 9.25. The smallest absolute Gasteiger partial charge is 0.0916 e. The molecule has 0 aromatic carbocycles. The van der Waals surface area contributed by atoms with Crippen molar-refractivity contribution in [2.24, 2.45) is 0 Å². The first-order valence-electron chi connectivity index (χ1n) is 5.10. The minimum atomic E-state index is -3.92. The summed E-state index contributed by atoms with van der Waals surface area (Å²) in [5.74, 6) is 0. The van der Waals surface area contributed by atoms with Gasteiger partial charge in [0.15, 0.2) is 0 Å². The molecule has 1 heterocycles. The Hall–Kier alpha value is -0.130. The predicted molar refractivity (Wildman–Crippen MR) is 55.3 cm³/mol. The van der Waals surface area contributed by atoms with E-state index in [1.165, 1.54) is 32.4 Å². The Morgan fingerprint density at radius 2 is 1.93 bits per heavy atom. The molecule has 0 saturated carbocycles. The Bertz CT molecular complexity index is 230. The largest absolute Gasteiger partial charge is 0.748 e. The fourth-order valence-corrected chi connectivity index (χ4v) is 1.78. The average Bonchev–Trinajstić information content (AvgIpc) is 2.02.